The molecule has 4 nitrogen and oxygen atoms in total. The molecular formula is C11H23NO3Si. The van der Waals surface area contributed by atoms with Crippen molar-refractivity contribution in [3.63, 3.8) is 0 Å². The summed E-state index contributed by atoms with van der Waals surface area (Å²) in [6.45, 7) is 4.17. The zero-order valence-corrected chi connectivity index (χ0v) is 11.8. The predicted octanol–water partition coefficient (Wildman–Crippen LogP) is 2.57. The monoisotopic (exact) mass is 245 g/mol. The number of rotatable bonds is 9. The van der Waals surface area contributed by atoms with Gasteiger partial charge in [-0.2, -0.15) is 0 Å². The Hall–Kier alpha value is -0.483. The van der Waals surface area contributed by atoms with Gasteiger partial charge in [-0.1, -0.05) is 33.1 Å². The summed E-state index contributed by atoms with van der Waals surface area (Å²) in [6.07, 6.45) is 5.85. The van der Waals surface area contributed by atoms with E-state index in [9.17, 15) is 4.79 Å². The van der Waals surface area contributed by atoms with Gasteiger partial charge in [-0.3, -0.25) is 0 Å². The fourth-order valence-electron chi connectivity index (χ4n) is 1.91. The van der Waals surface area contributed by atoms with Gasteiger partial charge in [0.05, 0.1) is 0 Å². The van der Waals surface area contributed by atoms with Gasteiger partial charge in [-0.15, -0.1) is 0 Å². The first kappa shape index (κ1) is 15.5. The first-order chi connectivity index (χ1) is 7.70. The van der Waals surface area contributed by atoms with E-state index in [1.54, 1.807) is 20.3 Å². The molecule has 0 N–H and O–H groups in total. The molecule has 0 heterocycles. The van der Waals surface area contributed by atoms with Crippen molar-refractivity contribution in [1.29, 1.82) is 0 Å². The molecule has 5 heteroatoms. The van der Waals surface area contributed by atoms with E-state index in [4.69, 9.17) is 8.85 Å². The molecule has 1 unspecified atom stereocenters. The van der Waals surface area contributed by atoms with Gasteiger partial charge in [-0.25, -0.2) is 9.79 Å². The predicted molar refractivity (Wildman–Crippen MR) is 66.3 cm³/mol. The van der Waals surface area contributed by atoms with Crippen molar-refractivity contribution in [2.45, 2.75) is 51.2 Å². The third-order valence-corrected chi connectivity index (χ3v) is 6.78. The zero-order valence-electron chi connectivity index (χ0n) is 10.8. The summed E-state index contributed by atoms with van der Waals surface area (Å²) in [5.41, 5.74) is -0.128. The number of nitrogens with zero attached hydrogens (tertiary/aromatic N) is 1. The van der Waals surface area contributed by atoms with Crippen LogP contribution in [-0.2, 0) is 13.6 Å². The lowest BCUT2D eigenvalue weighted by Gasteiger charge is -2.30. The number of hydrogen-bond donors (Lipinski definition) is 0. The minimum Gasteiger partial charge on any atom is -0.396 e. The van der Waals surface area contributed by atoms with Crippen LogP contribution in [0.2, 0.25) is 6.04 Å². The second-order valence-electron chi connectivity index (χ2n) is 3.81. The minimum atomic E-state index is -2.35. The van der Waals surface area contributed by atoms with Crippen LogP contribution >= 0.6 is 0 Å². The average molecular weight is 245 g/mol. The molecule has 0 radical (unpaired) electrons. The Labute approximate surface area is 99.3 Å². The molecule has 0 aliphatic rings. The second kappa shape index (κ2) is 8.64. The largest absolute Gasteiger partial charge is 0.396 e. The van der Waals surface area contributed by atoms with Gasteiger partial charge in [0.25, 0.3) is 0 Å². The van der Waals surface area contributed by atoms with Crippen LogP contribution in [0.1, 0.15) is 39.5 Å². The molecule has 0 saturated heterocycles. The van der Waals surface area contributed by atoms with E-state index in [2.05, 4.69) is 11.9 Å². The summed E-state index contributed by atoms with van der Waals surface area (Å²) < 4.78 is 11.1. The highest BCUT2D eigenvalue weighted by Crippen LogP contribution is 2.23. The van der Waals surface area contributed by atoms with E-state index in [-0.39, 0.29) is 5.67 Å². The molecule has 1 atom stereocenters. The van der Waals surface area contributed by atoms with Gasteiger partial charge >= 0.3 is 8.56 Å². The van der Waals surface area contributed by atoms with Crippen LogP contribution in [0.15, 0.2) is 4.99 Å². The van der Waals surface area contributed by atoms with Crippen molar-refractivity contribution in [3.05, 3.63) is 0 Å². The summed E-state index contributed by atoms with van der Waals surface area (Å²) in [4.78, 5) is 14.3. The smallest absolute Gasteiger partial charge is 0.363 e. The molecular weight excluding hydrogens is 222 g/mol. The third-order valence-electron chi connectivity index (χ3n) is 2.98. The van der Waals surface area contributed by atoms with Crippen molar-refractivity contribution in [3.8, 4) is 0 Å². The van der Waals surface area contributed by atoms with Gasteiger partial charge in [0.1, 0.15) is 5.67 Å². The molecule has 16 heavy (non-hydrogen) atoms. The molecule has 94 valence electrons. The van der Waals surface area contributed by atoms with E-state index in [1.807, 2.05) is 6.92 Å². The maximum atomic E-state index is 10.5. The Kier molecular flexibility index (Phi) is 8.38. The molecule has 0 aromatic heterocycles. The van der Waals surface area contributed by atoms with Crippen LogP contribution in [0.4, 0.5) is 0 Å². The van der Waals surface area contributed by atoms with E-state index in [0.717, 1.165) is 31.7 Å². The fourth-order valence-corrected chi connectivity index (χ4v) is 4.57. The number of hydrogen-bond acceptors (Lipinski definition) is 4. The summed E-state index contributed by atoms with van der Waals surface area (Å²) in [5.74, 6) is 0. The maximum Gasteiger partial charge on any atom is 0.363 e. The van der Waals surface area contributed by atoms with Gasteiger partial charge in [0.15, 0.2) is 0 Å². The lowest BCUT2D eigenvalue weighted by molar-refractivity contribution is 0.228. The Balaban J connectivity index is 4.63. The van der Waals surface area contributed by atoms with Crippen LogP contribution in [-0.4, -0.2) is 34.5 Å². The minimum absolute atomic E-state index is 0.128. The van der Waals surface area contributed by atoms with Gasteiger partial charge < -0.3 is 8.85 Å². The van der Waals surface area contributed by atoms with E-state index >= 15 is 0 Å². The van der Waals surface area contributed by atoms with Crippen LogP contribution in [0, 0.1) is 0 Å². The Morgan fingerprint density at radius 3 is 2.25 bits per heavy atom. The van der Waals surface area contributed by atoms with Crippen LogP contribution in [0.25, 0.3) is 0 Å². The van der Waals surface area contributed by atoms with E-state index in [1.165, 1.54) is 0 Å². The molecule has 0 spiro atoms. The van der Waals surface area contributed by atoms with E-state index in [0.29, 0.717) is 0 Å². The van der Waals surface area contributed by atoms with Crippen molar-refractivity contribution < 1.29 is 13.6 Å². The Morgan fingerprint density at radius 1 is 1.25 bits per heavy atom. The van der Waals surface area contributed by atoms with Gasteiger partial charge in [0, 0.05) is 14.2 Å². The second-order valence-corrected chi connectivity index (χ2v) is 7.62. The molecule has 0 aliphatic carbocycles. The topological polar surface area (TPSA) is 47.9 Å². The first-order valence-corrected chi connectivity index (χ1v) is 7.98. The molecule has 0 aromatic carbocycles. The summed E-state index contributed by atoms with van der Waals surface area (Å²) in [7, 11) is 0.943. The average Bonchev–Trinajstić information content (AvgIpc) is 2.32. The number of carbonyl (C=O) groups excluding carboxylic acids is 1. The van der Waals surface area contributed by atoms with Gasteiger partial charge in [-0.05, 0) is 12.5 Å². The molecule has 0 aromatic rings. The highest BCUT2D eigenvalue weighted by Gasteiger charge is 2.42. The number of isocyanates is 1. The van der Waals surface area contributed by atoms with E-state index < -0.39 is 8.56 Å². The fraction of sp³-hybridized carbons (Fsp3) is 0.909. The number of aliphatic imine (C=N–C) groups is 1. The molecule has 0 saturated carbocycles. The molecule has 0 rings (SSSR count). The Bertz CT molecular complexity index is 217. The van der Waals surface area contributed by atoms with Crippen LogP contribution in [0.5, 0.6) is 0 Å². The van der Waals surface area contributed by atoms with Crippen LogP contribution in [0.3, 0.4) is 0 Å². The first-order valence-electron chi connectivity index (χ1n) is 5.88. The molecule has 0 bridgehead atoms. The SMILES string of the molecule is CCCCCC(N=C=O)[Si](CC)(OC)OC. The highest BCUT2D eigenvalue weighted by atomic mass is 28.4. The normalized spacial score (nSPS) is 13.2. The van der Waals surface area contributed by atoms with Crippen molar-refractivity contribution >= 4 is 14.6 Å². The lowest BCUT2D eigenvalue weighted by atomic mass is 10.2. The zero-order chi connectivity index (χ0) is 12.4. The molecule has 0 fully saturated rings. The van der Waals surface area contributed by atoms with Crippen molar-refractivity contribution in [2.75, 3.05) is 14.2 Å². The molecule has 0 amide bonds. The van der Waals surface area contributed by atoms with Crippen molar-refractivity contribution in [1.82, 2.24) is 0 Å². The summed E-state index contributed by atoms with van der Waals surface area (Å²) in [5, 5.41) is 0. The standard InChI is InChI=1S/C11H23NO3Si/c1-5-7-8-9-11(12-10-13)16(6-2,14-3)15-4/h11H,5-9H2,1-4H3. The lowest BCUT2D eigenvalue weighted by Crippen LogP contribution is -2.50. The summed E-state index contributed by atoms with van der Waals surface area (Å²) >= 11 is 0. The Morgan fingerprint density at radius 2 is 1.88 bits per heavy atom. The third kappa shape index (κ3) is 4.18. The van der Waals surface area contributed by atoms with Gasteiger partial charge in [0.2, 0.25) is 6.08 Å². The molecule has 0 aliphatic heterocycles. The number of unbranched alkanes of at least 4 members (excludes halogenated alkanes) is 2. The quantitative estimate of drug-likeness (QED) is 0.271. The van der Waals surface area contributed by atoms with Crippen LogP contribution < -0.4 is 0 Å². The summed E-state index contributed by atoms with van der Waals surface area (Å²) in [6, 6.07) is 0.794. The highest BCUT2D eigenvalue weighted by molar-refractivity contribution is 6.69. The maximum absolute atomic E-state index is 10.5. The van der Waals surface area contributed by atoms with Crippen molar-refractivity contribution in [2.24, 2.45) is 4.99 Å².